The van der Waals surface area contributed by atoms with Crippen LogP contribution in [0.4, 0.5) is 4.79 Å². The normalized spacial score (nSPS) is 13.6. The Morgan fingerprint density at radius 2 is 2.14 bits per heavy atom. The van der Waals surface area contributed by atoms with Crippen molar-refractivity contribution >= 4 is 18.2 Å². The van der Waals surface area contributed by atoms with E-state index in [4.69, 9.17) is 5.11 Å². The van der Waals surface area contributed by atoms with Crippen molar-refractivity contribution < 1.29 is 9.90 Å². The van der Waals surface area contributed by atoms with E-state index < -0.39 is 6.09 Å². The minimum atomic E-state index is -1.03. The fourth-order valence-electron chi connectivity index (χ4n) is 1.11. The molecule has 0 aromatic carbocycles. The average Bonchev–Trinajstić information content (AvgIpc) is 2.39. The molecular weight excluding hydrogens is 182 g/mol. The number of nitrogens with zero attached hydrogens (tertiary/aromatic N) is 3. The van der Waals surface area contributed by atoms with E-state index >= 15 is 0 Å². The van der Waals surface area contributed by atoms with Crippen LogP contribution in [0, 0.1) is 0 Å². The Hall–Kier alpha value is -2.17. The number of hydrogen-bond donors (Lipinski definition) is 1. The summed E-state index contributed by atoms with van der Waals surface area (Å²) >= 11 is 0. The maximum atomic E-state index is 10.6. The lowest BCUT2D eigenvalue weighted by molar-refractivity contribution is 0.176. The third kappa shape index (κ3) is 1.47. The van der Waals surface area contributed by atoms with Gasteiger partial charge in [-0.2, -0.15) is 0 Å². The highest BCUT2D eigenvalue weighted by Gasteiger charge is 2.08. The van der Waals surface area contributed by atoms with E-state index in [0.717, 1.165) is 10.5 Å². The highest BCUT2D eigenvalue weighted by molar-refractivity contribution is 5.74. The van der Waals surface area contributed by atoms with Crippen LogP contribution >= 0.6 is 0 Å². The van der Waals surface area contributed by atoms with Crippen molar-refractivity contribution in [1.82, 2.24) is 14.9 Å². The molecule has 1 aliphatic heterocycles. The standard InChI is InChI=1S/C9H7N3O2/c13-9(14)12-3-1-7-5-10-6-11-8(7)2-4-12/h1-6H,(H,13,14). The molecule has 0 fully saturated rings. The van der Waals surface area contributed by atoms with Crippen LogP contribution in [0.3, 0.4) is 0 Å². The first-order valence-electron chi connectivity index (χ1n) is 3.95. The Bertz CT molecular complexity index is 393. The SMILES string of the molecule is O=C(O)N1C=Cc2cncnc2C=C1. The monoisotopic (exact) mass is 189 g/mol. The summed E-state index contributed by atoms with van der Waals surface area (Å²) in [6, 6.07) is 0. The van der Waals surface area contributed by atoms with E-state index in [1.165, 1.54) is 18.7 Å². The molecule has 2 rings (SSSR count). The molecule has 2 heterocycles. The third-order valence-electron chi connectivity index (χ3n) is 1.80. The molecule has 0 aliphatic carbocycles. The molecule has 0 spiro atoms. The van der Waals surface area contributed by atoms with Gasteiger partial charge >= 0.3 is 6.09 Å². The molecule has 70 valence electrons. The van der Waals surface area contributed by atoms with Crippen molar-refractivity contribution in [1.29, 1.82) is 0 Å². The largest absolute Gasteiger partial charge is 0.464 e. The topological polar surface area (TPSA) is 66.3 Å². The molecule has 0 saturated carbocycles. The van der Waals surface area contributed by atoms with Crippen LogP contribution in [-0.2, 0) is 0 Å². The first-order chi connectivity index (χ1) is 6.77. The van der Waals surface area contributed by atoms with E-state index in [1.54, 1.807) is 18.3 Å². The molecule has 0 radical (unpaired) electrons. The van der Waals surface area contributed by atoms with Crippen LogP contribution in [0.1, 0.15) is 11.3 Å². The Kier molecular flexibility index (Phi) is 1.98. The van der Waals surface area contributed by atoms with Gasteiger partial charge in [0.15, 0.2) is 0 Å². The summed E-state index contributed by atoms with van der Waals surface area (Å²) in [7, 11) is 0. The van der Waals surface area contributed by atoms with Crippen LogP contribution in [0.2, 0.25) is 0 Å². The maximum absolute atomic E-state index is 10.6. The fourth-order valence-corrected chi connectivity index (χ4v) is 1.11. The summed E-state index contributed by atoms with van der Waals surface area (Å²) in [6.45, 7) is 0. The number of carboxylic acid groups (broad SMARTS) is 1. The zero-order valence-corrected chi connectivity index (χ0v) is 7.16. The van der Waals surface area contributed by atoms with Crippen molar-refractivity contribution in [2.75, 3.05) is 0 Å². The zero-order chi connectivity index (χ0) is 9.97. The van der Waals surface area contributed by atoms with Crippen molar-refractivity contribution in [3.63, 3.8) is 0 Å². The fraction of sp³-hybridized carbons (Fsp3) is 0. The molecule has 14 heavy (non-hydrogen) atoms. The second kappa shape index (κ2) is 3.29. The summed E-state index contributed by atoms with van der Waals surface area (Å²) < 4.78 is 0. The van der Waals surface area contributed by atoms with E-state index in [2.05, 4.69) is 9.97 Å². The first-order valence-corrected chi connectivity index (χ1v) is 3.95. The lowest BCUT2D eigenvalue weighted by atomic mass is 10.2. The van der Waals surface area contributed by atoms with Gasteiger partial charge in [-0.3, -0.25) is 4.90 Å². The molecule has 0 bridgehead atoms. The molecule has 1 aromatic heterocycles. The molecule has 1 aliphatic rings. The average molecular weight is 189 g/mol. The molecule has 1 amide bonds. The van der Waals surface area contributed by atoms with E-state index in [-0.39, 0.29) is 0 Å². The van der Waals surface area contributed by atoms with Gasteiger partial charge in [-0.25, -0.2) is 14.8 Å². The van der Waals surface area contributed by atoms with Crippen molar-refractivity contribution in [3.05, 3.63) is 36.2 Å². The molecule has 0 unspecified atom stereocenters. The van der Waals surface area contributed by atoms with E-state index in [0.29, 0.717) is 5.69 Å². The number of hydrogen-bond acceptors (Lipinski definition) is 3. The molecule has 1 N–H and O–H groups in total. The van der Waals surface area contributed by atoms with Crippen LogP contribution in [0.15, 0.2) is 24.9 Å². The lowest BCUT2D eigenvalue weighted by Crippen LogP contribution is -2.15. The van der Waals surface area contributed by atoms with Gasteiger partial charge in [-0.05, 0) is 12.2 Å². The number of aromatic nitrogens is 2. The highest BCUT2D eigenvalue weighted by atomic mass is 16.4. The van der Waals surface area contributed by atoms with Crippen molar-refractivity contribution in [3.8, 4) is 0 Å². The lowest BCUT2D eigenvalue weighted by Gasteiger charge is -2.04. The van der Waals surface area contributed by atoms with Gasteiger partial charge in [0.25, 0.3) is 0 Å². The zero-order valence-electron chi connectivity index (χ0n) is 7.16. The van der Waals surface area contributed by atoms with Gasteiger partial charge in [0.05, 0.1) is 5.69 Å². The smallest absolute Gasteiger partial charge is 0.415 e. The summed E-state index contributed by atoms with van der Waals surface area (Å²) in [5.41, 5.74) is 1.51. The second-order valence-corrected chi connectivity index (χ2v) is 2.68. The Balaban J connectivity index is 2.42. The van der Waals surface area contributed by atoms with Gasteiger partial charge in [0.1, 0.15) is 6.33 Å². The molecular formula is C9H7N3O2. The van der Waals surface area contributed by atoms with Gasteiger partial charge in [-0.15, -0.1) is 0 Å². The van der Waals surface area contributed by atoms with Crippen LogP contribution in [0.5, 0.6) is 0 Å². The van der Waals surface area contributed by atoms with Crippen molar-refractivity contribution in [2.45, 2.75) is 0 Å². The molecule has 1 aromatic rings. The number of fused-ring (bicyclic) bond motifs is 1. The molecule has 0 atom stereocenters. The van der Waals surface area contributed by atoms with Gasteiger partial charge in [0.2, 0.25) is 0 Å². The molecule has 5 nitrogen and oxygen atoms in total. The van der Waals surface area contributed by atoms with Gasteiger partial charge in [0, 0.05) is 24.2 Å². The van der Waals surface area contributed by atoms with Crippen molar-refractivity contribution in [2.24, 2.45) is 0 Å². The van der Waals surface area contributed by atoms with Gasteiger partial charge in [-0.1, -0.05) is 0 Å². The first kappa shape index (κ1) is 8.43. The quantitative estimate of drug-likeness (QED) is 0.670. The number of amides is 1. The summed E-state index contributed by atoms with van der Waals surface area (Å²) in [5.74, 6) is 0. The minimum absolute atomic E-state index is 0.708. The predicted octanol–water partition coefficient (Wildman–Crippen LogP) is 1.41. The summed E-state index contributed by atoms with van der Waals surface area (Å²) in [4.78, 5) is 19.6. The second-order valence-electron chi connectivity index (χ2n) is 2.68. The van der Waals surface area contributed by atoms with Gasteiger partial charge < -0.3 is 5.11 Å². The number of carbonyl (C=O) groups is 1. The van der Waals surface area contributed by atoms with Crippen LogP contribution in [0.25, 0.3) is 12.2 Å². The number of rotatable bonds is 0. The third-order valence-corrected chi connectivity index (χ3v) is 1.80. The van der Waals surface area contributed by atoms with Crippen LogP contribution in [-0.4, -0.2) is 26.1 Å². The Morgan fingerprint density at radius 3 is 2.93 bits per heavy atom. The van der Waals surface area contributed by atoms with E-state index in [1.807, 2.05) is 0 Å². The molecule has 0 saturated heterocycles. The summed E-state index contributed by atoms with van der Waals surface area (Å²) in [6.07, 6.45) is 8.21. The Morgan fingerprint density at radius 1 is 1.36 bits per heavy atom. The minimum Gasteiger partial charge on any atom is -0.464 e. The summed E-state index contributed by atoms with van der Waals surface area (Å²) in [5, 5.41) is 8.73. The van der Waals surface area contributed by atoms with Crippen LogP contribution < -0.4 is 0 Å². The highest BCUT2D eigenvalue weighted by Crippen LogP contribution is 2.13. The predicted molar refractivity (Wildman–Crippen MR) is 50.0 cm³/mol. The molecule has 5 heteroatoms. The maximum Gasteiger partial charge on any atom is 0.415 e. The Labute approximate surface area is 80.0 Å². The van der Waals surface area contributed by atoms with E-state index in [9.17, 15) is 4.79 Å².